The first-order valence-electron chi connectivity index (χ1n) is 8.89. The van der Waals surface area contributed by atoms with Crippen LogP contribution in [0.25, 0.3) is 0 Å². The predicted octanol–water partition coefficient (Wildman–Crippen LogP) is 1.81. The molecule has 0 fully saturated rings. The van der Waals surface area contributed by atoms with Crippen molar-refractivity contribution in [2.45, 2.75) is 25.7 Å². The van der Waals surface area contributed by atoms with E-state index in [9.17, 15) is 22.8 Å². The van der Waals surface area contributed by atoms with E-state index < -0.39 is 27.9 Å². The molecule has 1 amide bonds. The van der Waals surface area contributed by atoms with Crippen molar-refractivity contribution < 1.29 is 32.3 Å². The third-order valence-electron chi connectivity index (χ3n) is 4.56. The summed E-state index contributed by atoms with van der Waals surface area (Å²) in [6.45, 7) is 4.44. The molecule has 29 heavy (non-hydrogen) atoms. The van der Waals surface area contributed by atoms with Crippen molar-refractivity contribution in [3.8, 4) is 0 Å². The van der Waals surface area contributed by atoms with Gasteiger partial charge >= 0.3 is 11.9 Å². The molecule has 1 aromatic carbocycles. The number of benzene rings is 1. The molecule has 0 saturated heterocycles. The molecule has 2 heterocycles. The molecule has 0 spiro atoms. The highest BCUT2D eigenvalue weighted by atomic mass is 32.2. The summed E-state index contributed by atoms with van der Waals surface area (Å²) in [5, 5.41) is 0. The Hall–Kier alpha value is -3.14. The third kappa shape index (κ3) is 3.51. The number of nitrogens with one attached hydrogen (secondary N) is 1. The minimum Gasteiger partial charge on any atom is -0.462 e. The van der Waals surface area contributed by atoms with E-state index in [-0.39, 0.29) is 41.5 Å². The number of hydrogen-bond donors (Lipinski definition) is 1. The lowest BCUT2D eigenvalue weighted by Crippen LogP contribution is -2.33. The van der Waals surface area contributed by atoms with Crippen molar-refractivity contribution in [3.63, 3.8) is 0 Å². The van der Waals surface area contributed by atoms with E-state index >= 15 is 0 Å². The highest BCUT2D eigenvalue weighted by Gasteiger charge is 2.40. The van der Waals surface area contributed by atoms with Gasteiger partial charge in [0, 0.05) is 5.69 Å². The number of fused-ring (bicyclic) bond motifs is 1. The van der Waals surface area contributed by atoms with Gasteiger partial charge in [0.05, 0.1) is 24.3 Å². The first-order valence-corrected chi connectivity index (χ1v) is 10.3. The summed E-state index contributed by atoms with van der Waals surface area (Å²) < 4.78 is 35.8. The van der Waals surface area contributed by atoms with Gasteiger partial charge in [-0.05, 0) is 38.5 Å². The fourth-order valence-electron chi connectivity index (χ4n) is 3.21. The van der Waals surface area contributed by atoms with E-state index in [1.54, 1.807) is 26.8 Å². The Kier molecular flexibility index (Phi) is 5.47. The highest BCUT2D eigenvalue weighted by Crippen LogP contribution is 2.29. The molecule has 154 valence electrons. The van der Waals surface area contributed by atoms with Crippen LogP contribution in [-0.2, 0) is 19.5 Å². The van der Waals surface area contributed by atoms with Crippen molar-refractivity contribution in [1.82, 2.24) is 9.29 Å². The van der Waals surface area contributed by atoms with E-state index in [4.69, 9.17) is 9.47 Å². The monoisotopic (exact) mass is 420 g/mol. The van der Waals surface area contributed by atoms with E-state index in [2.05, 4.69) is 4.98 Å². The standard InChI is InChI=1S/C19H20N2O7S/c1-4-27-18(23)15-11(2)16(20-12(15)3)19(24)28-10-9-21-17(22)13-7-5-6-8-14(13)29(21,25)26/h5-8,20H,4,9-10H2,1-3H3. The van der Waals surface area contributed by atoms with Gasteiger partial charge in [0.2, 0.25) is 0 Å². The first kappa shape index (κ1) is 20.6. The molecule has 1 aromatic heterocycles. The average Bonchev–Trinajstić information content (AvgIpc) is 3.08. The van der Waals surface area contributed by atoms with E-state index in [1.165, 1.54) is 18.2 Å². The Morgan fingerprint density at radius 3 is 2.45 bits per heavy atom. The van der Waals surface area contributed by atoms with Crippen molar-refractivity contribution in [2.75, 3.05) is 19.8 Å². The maximum absolute atomic E-state index is 12.5. The van der Waals surface area contributed by atoms with E-state index in [0.29, 0.717) is 15.6 Å². The summed E-state index contributed by atoms with van der Waals surface area (Å²) in [6, 6.07) is 5.90. The molecule has 0 atom stereocenters. The van der Waals surface area contributed by atoms with Crippen molar-refractivity contribution in [1.29, 1.82) is 0 Å². The van der Waals surface area contributed by atoms with Gasteiger partial charge in [0.25, 0.3) is 15.9 Å². The van der Waals surface area contributed by atoms with Crippen LogP contribution in [0.5, 0.6) is 0 Å². The summed E-state index contributed by atoms with van der Waals surface area (Å²) in [7, 11) is -3.96. The van der Waals surface area contributed by atoms with Crippen LogP contribution in [0.2, 0.25) is 0 Å². The van der Waals surface area contributed by atoms with Gasteiger partial charge in [-0.2, -0.15) is 0 Å². The van der Waals surface area contributed by atoms with Gasteiger partial charge in [-0.15, -0.1) is 0 Å². The van der Waals surface area contributed by atoms with Crippen LogP contribution in [0.1, 0.15) is 49.4 Å². The quantitative estimate of drug-likeness (QED) is 0.707. The summed E-state index contributed by atoms with van der Waals surface area (Å²) in [6.07, 6.45) is 0. The second-order valence-electron chi connectivity index (χ2n) is 6.36. The maximum Gasteiger partial charge on any atom is 0.355 e. The summed E-state index contributed by atoms with van der Waals surface area (Å²) >= 11 is 0. The van der Waals surface area contributed by atoms with Crippen LogP contribution in [0.3, 0.4) is 0 Å². The zero-order valence-corrected chi connectivity index (χ0v) is 17.0. The number of amides is 1. The zero-order chi connectivity index (χ0) is 21.3. The number of nitrogens with zero attached hydrogens (tertiary/aromatic N) is 1. The molecule has 0 aliphatic carbocycles. The lowest BCUT2D eigenvalue weighted by atomic mass is 10.1. The fourth-order valence-corrected chi connectivity index (χ4v) is 4.76. The van der Waals surface area contributed by atoms with Crippen LogP contribution in [-0.4, -0.2) is 55.3 Å². The topological polar surface area (TPSA) is 123 Å². The van der Waals surface area contributed by atoms with Crippen molar-refractivity contribution >= 4 is 27.9 Å². The summed E-state index contributed by atoms with van der Waals surface area (Å²) in [4.78, 5) is 39.5. The van der Waals surface area contributed by atoms with Gasteiger partial charge in [-0.1, -0.05) is 12.1 Å². The molecule has 2 aromatic rings. The maximum atomic E-state index is 12.5. The number of esters is 2. The Morgan fingerprint density at radius 1 is 1.10 bits per heavy atom. The van der Waals surface area contributed by atoms with Crippen LogP contribution in [0.4, 0.5) is 0 Å². The lowest BCUT2D eigenvalue weighted by Gasteiger charge is -2.14. The van der Waals surface area contributed by atoms with Crippen LogP contribution >= 0.6 is 0 Å². The molecule has 0 saturated carbocycles. The van der Waals surface area contributed by atoms with Gasteiger partial charge in [0.15, 0.2) is 0 Å². The molecule has 9 nitrogen and oxygen atoms in total. The Morgan fingerprint density at radius 2 is 1.79 bits per heavy atom. The van der Waals surface area contributed by atoms with Gasteiger partial charge in [-0.25, -0.2) is 22.3 Å². The smallest absolute Gasteiger partial charge is 0.355 e. The number of hydrogen-bond acceptors (Lipinski definition) is 7. The van der Waals surface area contributed by atoms with Crippen LogP contribution in [0, 0.1) is 13.8 Å². The molecular formula is C19H20N2O7S. The Balaban J connectivity index is 1.69. The first-order chi connectivity index (χ1) is 13.7. The summed E-state index contributed by atoms with van der Waals surface area (Å²) in [5.74, 6) is -1.97. The van der Waals surface area contributed by atoms with Gasteiger partial charge in [0.1, 0.15) is 17.2 Å². The van der Waals surface area contributed by atoms with Crippen molar-refractivity contribution in [2.24, 2.45) is 0 Å². The number of carbonyl (C=O) groups is 3. The fraction of sp³-hybridized carbons (Fsp3) is 0.316. The van der Waals surface area contributed by atoms with Gasteiger partial charge < -0.3 is 14.5 Å². The minimum atomic E-state index is -3.96. The molecular weight excluding hydrogens is 400 g/mol. The SMILES string of the molecule is CCOC(=O)c1c(C)[nH]c(C(=O)OCCN2C(=O)c3ccccc3S2(=O)=O)c1C. The summed E-state index contributed by atoms with van der Waals surface area (Å²) in [5.41, 5.74) is 1.26. The second-order valence-corrected chi connectivity index (χ2v) is 8.19. The normalized spacial score (nSPS) is 14.6. The lowest BCUT2D eigenvalue weighted by molar-refractivity contribution is 0.0471. The Labute approximate surface area is 167 Å². The highest BCUT2D eigenvalue weighted by molar-refractivity contribution is 7.90. The number of ether oxygens (including phenoxy) is 2. The third-order valence-corrected chi connectivity index (χ3v) is 6.40. The number of aryl methyl sites for hydroxylation is 1. The van der Waals surface area contributed by atoms with E-state index in [1.807, 2.05) is 0 Å². The average molecular weight is 420 g/mol. The molecule has 0 unspecified atom stereocenters. The van der Waals surface area contributed by atoms with Gasteiger partial charge in [-0.3, -0.25) is 4.79 Å². The van der Waals surface area contributed by atoms with Crippen molar-refractivity contribution in [3.05, 3.63) is 52.3 Å². The van der Waals surface area contributed by atoms with Crippen LogP contribution < -0.4 is 0 Å². The molecule has 3 rings (SSSR count). The van der Waals surface area contributed by atoms with E-state index in [0.717, 1.165) is 0 Å². The predicted molar refractivity (Wildman–Crippen MR) is 101 cm³/mol. The molecule has 0 bridgehead atoms. The second kappa shape index (κ2) is 7.70. The molecule has 10 heteroatoms. The minimum absolute atomic E-state index is 0.0637. The number of aromatic amines is 1. The molecule has 1 N–H and O–H groups in total. The zero-order valence-electron chi connectivity index (χ0n) is 16.1. The number of sulfonamides is 1. The number of carbonyl (C=O) groups excluding carboxylic acids is 3. The van der Waals surface area contributed by atoms with Crippen LogP contribution in [0.15, 0.2) is 29.2 Å². The largest absolute Gasteiger partial charge is 0.462 e. The number of aromatic nitrogens is 1. The number of rotatable bonds is 6. The molecule has 0 radical (unpaired) electrons. The number of H-pyrrole nitrogens is 1. The Bertz CT molecular complexity index is 1100. The molecule has 1 aliphatic rings. The molecule has 1 aliphatic heterocycles.